The quantitative estimate of drug-likeness (QED) is 0.592. The molecule has 1 aromatic heterocycles. The molecule has 0 unspecified atom stereocenters. The van der Waals surface area contributed by atoms with Crippen LogP contribution in [-0.4, -0.2) is 13.0 Å². The normalized spacial score (nSPS) is 10.4. The van der Waals surface area contributed by atoms with E-state index >= 15 is 0 Å². The molecule has 24 heavy (non-hydrogen) atoms. The minimum atomic E-state index is -0.117. The Bertz CT molecular complexity index is 801. The van der Waals surface area contributed by atoms with Crippen molar-refractivity contribution in [3.8, 4) is 5.75 Å². The molecular formula is C18H15NO2S3. The summed E-state index contributed by atoms with van der Waals surface area (Å²) in [6.07, 6.45) is 0. The number of rotatable bonds is 6. The number of amides is 1. The van der Waals surface area contributed by atoms with Crippen LogP contribution in [0.4, 0.5) is 0 Å². The maximum atomic E-state index is 12.1. The van der Waals surface area contributed by atoms with Gasteiger partial charge in [-0.25, -0.2) is 0 Å². The first-order valence-corrected chi connectivity index (χ1v) is 9.68. The maximum Gasteiger partial charge on any atom is 0.261 e. The van der Waals surface area contributed by atoms with Gasteiger partial charge in [0.1, 0.15) is 5.75 Å². The highest BCUT2D eigenvalue weighted by atomic mass is 32.2. The maximum absolute atomic E-state index is 12.1. The molecule has 0 aliphatic rings. The number of benzene rings is 2. The molecule has 0 aliphatic carbocycles. The molecule has 0 aliphatic heterocycles. The van der Waals surface area contributed by atoms with Gasteiger partial charge in [0.2, 0.25) is 0 Å². The Kier molecular flexibility index (Phi) is 5.85. The number of thiophene rings is 1. The van der Waals surface area contributed by atoms with E-state index in [1.807, 2.05) is 18.2 Å². The minimum absolute atomic E-state index is 0.117. The third-order valence-corrected chi connectivity index (χ3v) is 6.12. The summed E-state index contributed by atoms with van der Waals surface area (Å²) >= 11 is 4.67. The largest absolute Gasteiger partial charge is 0.497 e. The van der Waals surface area contributed by atoms with Gasteiger partial charge in [-0.15, -0.1) is 11.3 Å². The summed E-state index contributed by atoms with van der Waals surface area (Å²) in [6, 6.07) is 19.4. The summed E-state index contributed by atoms with van der Waals surface area (Å²) in [4.78, 5) is 14.5. The van der Waals surface area contributed by atoms with Crippen molar-refractivity contribution in [1.82, 2.24) is 4.72 Å². The van der Waals surface area contributed by atoms with Gasteiger partial charge in [0.05, 0.1) is 11.3 Å². The van der Waals surface area contributed by atoms with Crippen LogP contribution < -0.4 is 9.46 Å². The van der Waals surface area contributed by atoms with Crippen molar-refractivity contribution in [2.24, 2.45) is 0 Å². The van der Waals surface area contributed by atoms with Crippen LogP contribution in [0.2, 0.25) is 0 Å². The standard InChI is InChI=1S/C18H15NO2S3/c1-21-14-9-7-13(8-10-14)18(20)19-24-17-11-16(12-22-17)23-15-5-3-2-4-6-15/h2-12H,1H3,(H,19,20). The van der Waals surface area contributed by atoms with Gasteiger partial charge in [0.25, 0.3) is 5.91 Å². The average molecular weight is 374 g/mol. The van der Waals surface area contributed by atoms with Crippen LogP contribution >= 0.6 is 35.0 Å². The fourth-order valence-corrected chi connectivity index (χ4v) is 4.61. The summed E-state index contributed by atoms with van der Waals surface area (Å²) < 4.78 is 9.01. The van der Waals surface area contributed by atoms with E-state index < -0.39 is 0 Å². The number of hydrogen-bond acceptors (Lipinski definition) is 5. The lowest BCUT2D eigenvalue weighted by atomic mass is 10.2. The monoisotopic (exact) mass is 373 g/mol. The first-order chi connectivity index (χ1) is 11.7. The van der Waals surface area contributed by atoms with Gasteiger partial charge in [-0.05, 0) is 54.4 Å². The van der Waals surface area contributed by atoms with Crippen molar-refractivity contribution in [3.05, 3.63) is 71.6 Å². The molecule has 0 saturated carbocycles. The van der Waals surface area contributed by atoms with Gasteiger partial charge >= 0.3 is 0 Å². The molecule has 0 fully saturated rings. The van der Waals surface area contributed by atoms with Crippen LogP contribution in [0.1, 0.15) is 10.4 Å². The van der Waals surface area contributed by atoms with Crippen LogP contribution in [0.15, 0.2) is 80.0 Å². The van der Waals surface area contributed by atoms with Gasteiger partial charge in [-0.2, -0.15) is 0 Å². The Morgan fingerprint density at radius 2 is 1.79 bits per heavy atom. The number of nitrogens with one attached hydrogen (secondary N) is 1. The first-order valence-electron chi connectivity index (χ1n) is 7.17. The minimum Gasteiger partial charge on any atom is -0.497 e. The second kappa shape index (κ2) is 8.28. The predicted molar refractivity (Wildman–Crippen MR) is 101 cm³/mol. The van der Waals surface area contributed by atoms with Crippen LogP contribution in [0.3, 0.4) is 0 Å². The van der Waals surface area contributed by atoms with Crippen LogP contribution in [0.25, 0.3) is 0 Å². The lowest BCUT2D eigenvalue weighted by molar-refractivity contribution is 0.0984. The molecule has 1 heterocycles. The number of carbonyl (C=O) groups is 1. The molecule has 1 N–H and O–H groups in total. The van der Waals surface area contributed by atoms with Gasteiger partial charge in [0.15, 0.2) is 0 Å². The van der Waals surface area contributed by atoms with E-state index in [0.717, 1.165) is 9.96 Å². The zero-order chi connectivity index (χ0) is 16.8. The smallest absolute Gasteiger partial charge is 0.261 e. The predicted octanol–water partition coefficient (Wildman–Crippen LogP) is 5.35. The third kappa shape index (κ3) is 4.56. The molecule has 3 rings (SSSR count). The zero-order valence-electron chi connectivity index (χ0n) is 12.9. The summed E-state index contributed by atoms with van der Waals surface area (Å²) in [7, 11) is 1.60. The van der Waals surface area contributed by atoms with Gasteiger partial charge in [-0.1, -0.05) is 30.0 Å². The fraction of sp³-hybridized carbons (Fsp3) is 0.0556. The summed E-state index contributed by atoms with van der Waals surface area (Å²) in [5.41, 5.74) is 0.610. The summed E-state index contributed by atoms with van der Waals surface area (Å²) in [6.45, 7) is 0. The molecule has 122 valence electrons. The van der Waals surface area contributed by atoms with E-state index in [4.69, 9.17) is 4.74 Å². The van der Waals surface area contributed by atoms with E-state index in [1.165, 1.54) is 21.7 Å². The van der Waals surface area contributed by atoms with Crippen LogP contribution in [0, 0.1) is 0 Å². The Balaban J connectivity index is 1.55. The van der Waals surface area contributed by atoms with Crippen LogP contribution in [0.5, 0.6) is 5.75 Å². The van der Waals surface area contributed by atoms with Crippen molar-refractivity contribution in [3.63, 3.8) is 0 Å². The third-order valence-electron chi connectivity index (χ3n) is 3.13. The van der Waals surface area contributed by atoms with E-state index in [1.54, 1.807) is 54.5 Å². The van der Waals surface area contributed by atoms with E-state index in [2.05, 4.69) is 28.3 Å². The fourth-order valence-electron chi connectivity index (χ4n) is 1.93. The molecule has 0 radical (unpaired) electrons. The summed E-state index contributed by atoms with van der Waals surface area (Å²) in [5, 5.41) is 2.10. The zero-order valence-corrected chi connectivity index (χ0v) is 15.3. The van der Waals surface area contributed by atoms with Crippen molar-refractivity contribution in [2.45, 2.75) is 14.0 Å². The highest BCUT2D eigenvalue weighted by molar-refractivity contribution is 8.00. The Hall–Kier alpha value is -1.89. The Labute approximate surface area is 153 Å². The average Bonchev–Trinajstić information content (AvgIpc) is 3.08. The second-order valence-corrected chi connectivity index (χ2v) is 7.94. The van der Waals surface area contributed by atoms with Crippen molar-refractivity contribution >= 4 is 41.0 Å². The van der Waals surface area contributed by atoms with Crippen LogP contribution in [-0.2, 0) is 0 Å². The molecular weight excluding hydrogens is 358 g/mol. The topological polar surface area (TPSA) is 38.3 Å². The summed E-state index contributed by atoms with van der Waals surface area (Å²) in [5.74, 6) is 0.619. The molecule has 1 amide bonds. The molecule has 0 saturated heterocycles. The van der Waals surface area contributed by atoms with Gasteiger partial charge in [-0.3, -0.25) is 9.52 Å². The SMILES string of the molecule is COc1ccc(C(=O)NSc2cc(Sc3ccccc3)cs2)cc1. The molecule has 0 bridgehead atoms. The molecule has 2 aromatic carbocycles. The number of carbonyl (C=O) groups excluding carboxylic acids is 1. The molecule has 3 aromatic rings. The molecule has 6 heteroatoms. The second-order valence-electron chi connectivity index (χ2n) is 4.78. The lowest BCUT2D eigenvalue weighted by Gasteiger charge is -2.04. The highest BCUT2D eigenvalue weighted by Crippen LogP contribution is 2.34. The molecule has 0 atom stereocenters. The first kappa shape index (κ1) is 17.0. The highest BCUT2D eigenvalue weighted by Gasteiger charge is 2.08. The van der Waals surface area contributed by atoms with Crippen molar-refractivity contribution in [1.29, 1.82) is 0 Å². The van der Waals surface area contributed by atoms with Crippen molar-refractivity contribution in [2.75, 3.05) is 7.11 Å². The molecule has 0 spiro atoms. The Morgan fingerprint density at radius 1 is 1.04 bits per heavy atom. The number of methoxy groups -OCH3 is 1. The van der Waals surface area contributed by atoms with Gasteiger partial charge in [0, 0.05) is 20.7 Å². The Morgan fingerprint density at radius 3 is 2.50 bits per heavy atom. The number of hydrogen-bond donors (Lipinski definition) is 1. The molecule has 3 nitrogen and oxygen atoms in total. The lowest BCUT2D eigenvalue weighted by Crippen LogP contribution is -2.15. The number of ether oxygens (including phenoxy) is 1. The van der Waals surface area contributed by atoms with Crippen molar-refractivity contribution < 1.29 is 9.53 Å². The van der Waals surface area contributed by atoms with Gasteiger partial charge < -0.3 is 4.74 Å². The van der Waals surface area contributed by atoms with E-state index in [0.29, 0.717) is 5.56 Å². The van der Waals surface area contributed by atoms with E-state index in [9.17, 15) is 4.79 Å². The van der Waals surface area contributed by atoms with E-state index in [-0.39, 0.29) is 5.91 Å².